The summed E-state index contributed by atoms with van der Waals surface area (Å²) in [4.78, 5) is 10.6. The number of carboxylic acids is 1. The van der Waals surface area contributed by atoms with E-state index in [2.05, 4.69) is 20.6 Å². The van der Waals surface area contributed by atoms with Gasteiger partial charge in [-0.15, -0.1) is 10.2 Å². The maximum absolute atomic E-state index is 10.6. The first-order valence-electron chi connectivity index (χ1n) is 6.34. The molecular weight excluding hydrogens is 280 g/mol. The maximum atomic E-state index is 10.6. The summed E-state index contributed by atoms with van der Waals surface area (Å²) < 4.78 is 7.83. The number of rotatable bonds is 8. The van der Waals surface area contributed by atoms with Crippen molar-refractivity contribution >= 4 is 5.97 Å². The zero-order valence-electron chi connectivity index (χ0n) is 11.5. The lowest BCUT2D eigenvalue weighted by Crippen LogP contribution is -2.03. The van der Waals surface area contributed by atoms with Gasteiger partial charge in [0.25, 0.3) is 0 Å². The van der Waals surface area contributed by atoms with E-state index < -0.39 is 12.3 Å². The number of ether oxygens (including phenoxy) is 1. The number of unbranched alkanes of at least 4 members (excludes halogenated alkanes) is 1. The number of methoxy groups -OCH3 is 1. The van der Waals surface area contributed by atoms with Crippen LogP contribution in [0.1, 0.15) is 35.3 Å². The van der Waals surface area contributed by atoms with E-state index in [0.29, 0.717) is 18.8 Å². The number of carboxylic acid groups (broad SMARTS) is 1. The van der Waals surface area contributed by atoms with Gasteiger partial charge >= 0.3 is 5.97 Å². The van der Waals surface area contributed by atoms with Crippen molar-refractivity contribution in [3.8, 4) is 0 Å². The van der Waals surface area contributed by atoms with E-state index in [4.69, 9.17) is 9.84 Å². The van der Waals surface area contributed by atoms with E-state index >= 15 is 0 Å². The number of hydrogen-bond donors (Lipinski definition) is 2. The first-order chi connectivity index (χ1) is 10.1. The van der Waals surface area contributed by atoms with Crippen molar-refractivity contribution in [2.45, 2.75) is 32.2 Å². The largest absolute Gasteiger partial charge is 0.476 e. The van der Waals surface area contributed by atoms with E-state index in [1.807, 2.05) is 0 Å². The van der Waals surface area contributed by atoms with E-state index in [0.717, 1.165) is 12.8 Å². The van der Waals surface area contributed by atoms with Gasteiger partial charge in [-0.05, 0) is 12.8 Å². The summed E-state index contributed by atoms with van der Waals surface area (Å²) in [6.45, 7) is 1.20. The molecule has 10 heteroatoms. The topological polar surface area (TPSA) is 128 Å². The van der Waals surface area contributed by atoms with E-state index in [1.54, 1.807) is 10.9 Å². The number of aryl methyl sites for hydroxylation is 2. The molecule has 0 amide bonds. The summed E-state index contributed by atoms with van der Waals surface area (Å²) in [7, 11) is 1.38. The summed E-state index contributed by atoms with van der Waals surface area (Å²) in [5.41, 5.74) is 0.296. The molecule has 1 unspecified atom stereocenters. The Kier molecular flexibility index (Phi) is 4.95. The average molecular weight is 296 g/mol. The number of hydrogen-bond acceptors (Lipinski definition) is 7. The monoisotopic (exact) mass is 296 g/mol. The van der Waals surface area contributed by atoms with Gasteiger partial charge in [0.2, 0.25) is 6.29 Å². The van der Waals surface area contributed by atoms with Crippen LogP contribution < -0.4 is 0 Å². The fourth-order valence-electron chi connectivity index (χ4n) is 1.71. The highest BCUT2D eigenvalue weighted by atomic mass is 16.6. The fourth-order valence-corrected chi connectivity index (χ4v) is 1.71. The molecule has 2 aromatic heterocycles. The van der Waals surface area contributed by atoms with Crippen molar-refractivity contribution < 1.29 is 19.7 Å². The fraction of sp³-hybridized carbons (Fsp3) is 0.545. The normalized spacial score (nSPS) is 12.5. The van der Waals surface area contributed by atoms with Crippen molar-refractivity contribution in [1.29, 1.82) is 0 Å². The minimum Gasteiger partial charge on any atom is -0.476 e. The molecule has 21 heavy (non-hydrogen) atoms. The summed E-state index contributed by atoms with van der Waals surface area (Å²) in [5.74, 6) is -1.09. The van der Waals surface area contributed by atoms with Crippen LogP contribution in [0, 0.1) is 0 Å². The molecular formula is C11H16N6O4. The summed E-state index contributed by atoms with van der Waals surface area (Å²) in [6, 6.07) is 0. The minimum atomic E-state index is -1.09. The van der Waals surface area contributed by atoms with E-state index in [1.165, 1.54) is 18.0 Å². The van der Waals surface area contributed by atoms with Crippen molar-refractivity contribution in [2.24, 2.45) is 0 Å². The van der Waals surface area contributed by atoms with Crippen LogP contribution in [0.5, 0.6) is 0 Å². The third kappa shape index (κ3) is 4.07. The number of carbonyl (C=O) groups is 1. The Morgan fingerprint density at radius 2 is 1.86 bits per heavy atom. The zero-order valence-corrected chi connectivity index (χ0v) is 11.5. The molecule has 0 aromatic carbocycles. The average Bonchev–Trinajstić information content (AvgIpc) is 3.12. The number of aliphatic hydroxyl groups excluding tert-OH is 1. The van der Waals surface area contributed by atoms with Crippen molar-refractivity contribution in [3.05, 3.63) is 23.8 Å². The first-order valence-corrected chi connectivity index (χ1v) is 6.34. The number of aromatic carboxylic acids is 1. The first kappa shape index (κ1) is 15.1. The zero-order chi connectivity index (χ0) is 15.2. The van der Waals surface area contributed by atoms with Crippen molar-refractivity contribution in [3.63, 3.8) is 0 Å². The van der Waals surface area contributed by atoms with Gasteiger partial charge in [0.1, 0.15) is 5.69 Å². The van der Waals surface area contributed by atoms with E-state index in [-0.39, 0.29) is 5.69 Å². The Labute approximate surface area is 119 Å². The molecule has 0 bridgehead atoms. The Hall–Kier alpha value is -2.33. The minimum absolute atomic E-state index is 0.0653. The molecule has 0 saturated carbocycles. The third-order valence-corrected chi connectivity index (χ3v) is 2.81. The lowest BCUT2D eigenvalue weighted by Gasteiger charge is -2.02. The highest BCUT2D eigenvalue weighted by molar-refractivity contribution is 5.84. The summed E-state index contributed by atoms with van der Waals surface area (Å²) in [5, 5.41) is 33.0. The molecule has 114 valence electrons. The molecule has 2 aromatic rings. The van der Waals surface area contributed by atoms with Crippen LogP contribution in [0.4, 0.5) is 0 Å². The van der Waals surface area contributed by atoms with Crippen LogP contribution in [0.25, 0.3) is 0 Å². The quantitative estimate of drug-likeness (QED) is 0.501. The second kappa shape index (κ2) is 6.90. The molecule has 1 atom stereocenters. The van der Waals surface area contributed by atoms with Gasteiger partial charge < -0.3 is 14.9 Å². The lowest BCUT2D eigenvalue weighted by molar-refractivity contribution is -0.0799. The molecule has 0 spiro atoms. The summed E-state index contributed by atoms with van der Waals surface area (Å²) >= 11 is 0. The molecule has 0 aliphatic rings. The second-order valence-corrected chi connectivity index (χ2v) is 4.37. The van der Waals surface area contributed by atoms with Crippen LogP contribution in [-0.2, 0) is 17.8 Å². The number of nitrogens with zero attached hydrogens (tertiary/aromatic N) is 6. The van der Waals surface area contributed by atoms with Gasteiger partial charge in [0.15, 0.2) is 5.69 Å². The van der Waals surface area contributed by atoms with Crippen LogP contribution in [-0.4, -0.2) is 53.3 Å². The SMILES string of the molecule is COC(O)c1cn(CCCCn2cc(C(=O)O)nn2)nn1. The smallest absolute Gasteiger partial charge is 0.358 e. The van der Waals surface area contributed by atoms with Gasteiger partial charge in [-0.1, -0.05) is 10.4 Å². The standard InChI is InChI=1S/C11H16N6O4/c1-21-11(20)9-7-17(15-13-9)5-3-2-4-16-6-8(10(18)19)12-14-16/h6-7,11,20H,2-5H2,1H3,(H,18,19). The molecule has 0 radical (unpaired) electrons. The molecule has 2 heterocycles. The molecule has 10 nitrogen and oxygen atoms in total. The highest BCUT2D eigenvalue weighted by Crippen LogP contribution is 2.09. The number of aliphatic hydroxyl groups is 1. The molecule has 2 rings (SSSR count). The van der Waals surface area contributed by atoms with Crippen LogP contribution >= 0.6 is 0 Å². The van der Waals surface area contributed by atoms with Gasteiger partial charge in [-0.2, -0.15) is 0 Å². The predicted molar refractivity (Wildman–Crippen MR) is 68.2 cm³/mol. The Morgan fingerprint density at radius 3 is 2.43 bits per heavy atom. The van der Waals surface area contributed by atoms with Crippen LogP contribution in [0.3, 0.4) is 0 Å². The van der Waals surface area contributed by atoms with Gasteiger partial charge in [-0.3, -0.25) is 9.36 Å². The Morgan fingerprint density at radius 1 is 1.24 bits per heavy atom. The van der Waals surface area contributed by atoms with Crippen molar-refractivity contribution in [2.75, 3.05) is 7.11 Å². The van der Waals surface area contributed by atoms with Gasteiger partial charge in [-0.25, -0.2) is 4.79 Å². The highest BCUT2D eigenvalue weighted by Gasteiger charge is 2.10. The third-order valence-electron chi connectivity index (χ3n) is 2.81. The molecule has 0 aliphatic heterocycles. The molecule has 2 N–H and O–H groups in total. The molecule has 0 fully saturated rings. The molecule has 0 saturated heterocycles. The predicted octanol–water partition coefficient (Wildman–Crippen LogP) is -0.315. The van der Waals surface area contributed by atoms with Gasteiger partial charge in [0.05, 0.1) is 12.4 Å². The maximum Gasteiger partial charge on any atom is 0.358 e. The summed E-state index contributed by atoms with van der Waals surface area (Å²) in [6.07, 6.45) is 3.53. The van der Waals surface area contributed by atoms with Gasteiger partial charge in [0, 0.05) is 20.2 Å². The van der Waals surface area contributed by atoms with Crippen molar-refractivity contribution in [1.82, 2.24) is 30.0 Å². The second-order valence-electron chi connectivity index (χ2n) is 4.37. The van der Waals surface area contributed by atoms with Crippen LogP contribution in [0.2, 0.25) is 0 Å². The number of aromatic nitrogens is 6. The Bertz CT molecular complexity index is 595. The Balaban J connectivity index is 1.74. The van der Waals surface area contributed by atoms with E-state index in [9.17, 15) is 9.90 Å². The van der Waals surface area contributed by atoms with Crippen LogP contribution in [0.15, 0.2) is 12.4 Å². The molecule has 0 aliphatic carbocycles. The lowest BCUT2D eigenvalue weighted by atomic mass is 10.3.